The van der Waals surface area contributed by atoms with Crippen LogP contribution in [0, 0.1) is 0 Å². The Morgan fingerprint density at radius 1 is 1.14 bits per heavy atom. The number of amides is 2. The number of nitrogens with zero attached hydrogens (tertiary/aromatic N) is 1. The van der Waals surface area contributed by atoms with E-state index < -0.39 is 0 Å². The summed E-state index contributed by atoms with van der Waals surface area (Å²) >= 11 is 1.78. The number of carbonyl (C=O) groups is 2. The van der Waals surface area contributed by atoms with Gasteiger partial charge in [0.2, 0.25) is 5.91 Å². The van der Waals surface area contributed by atoms with Crippen LogP contribution in [-0.4, -0.2) is 23.3 Å². The fourth-order valence-corrected chi connectivity index (χ4v) is 4.01. The molecule has 1 aromatic heterocycles. The predicted octanol–water partition coefficient (Wildman–Crippen LogP) is 2.83. The molecule has 0 fully saturated rings. The molecule has 112 valence electrons. The van der Waals surface area contributed by atoms with Gasteiger partial charge in [-0.3, -0.25) is 9.59 Å². The van der Waals surface area contributed by atoms with Crippen molar-refractivity contribution in [1.82, 2.24) is 4.90 Å². The quantitative estimate of drug-likeness (QED) is 0.880. The van der Waals surface area contributed by atoms with Crippen LogP contribution in [-0.2, 0) is 24.2 Å². The Morgan fingerprint density at radius 3 is 2.95 bits per heavy atom. The van der Waals surface area contributed by atoms with E-state index in [2.05, 4.69) is 16.8 Å². The minimum atomic E-state index is 0.0487. The van der Waals surface area contributed by atoms with Gasteiger partial charge in [-0.25, -0.2) is 0 Å². The zero-order valence-corrected chi connectivity index (χ0v) is 12.9. The van der Waals surface area contributed by atoms with Crippen molar-refractivity contribution in [3.8, 4) is 0 Å². The summed E-state index contributed by atoms with van der Waals surface area (Å²) in [4.78, 5) is 27.4. The van der Waals surface area contributed by atoms with E-state index in [0.29, 0.717) is 24.9 Å². The van der Waals surface area contributed by atoms with E-state index in [1.165, 1.54) is 10.4 Å². The normalized spacial score (nSPS) is 16.7. The van der Waals surface area contributed by atoms with Crippen LogP contribution in [0.4, 0.5) is 5.69 Å². The smallest absolute Gasteiger partial charge is 0.254 e. The van der Waals surface area contributed by atoms with Crippen molar-refractivity contribution in [1.29, 1.82) is 0 Å². The molecule has 2 aromatic rings. The van der Waals surface area contributed by atoms with Gasteiger partial charge in [0.25, 0.3) is 5.91 Å². The maximum Gasteiger partial charge on any atom is 0.254 e. The summed E-state index contributed by atoms with van der Waals surface area (Å²) < 4.78 is 0. The molecule has 1 aromatic carbocycles. The van der Waals surface area contributed by atoms with E-state index in [1.54, 1.807) is 11.3 Å². The van der Waals surface area contributed by atoms with E-state index in [-0.39, 0.29) is 11.8 Å². The number of aryl methyl sites for hydroxylation is 1. The number of fused-ring (bicyclic) bond motifs is 2. The number of nitrogens with one attached hydrogen (secondary N) is 1. The zero-order valence-electron chi connectivity index (χ0n) is 12.1. The molecule has 0 saturated heterocycles. The lowest BCUT2D eigenvalue weighted by Gasteiger charge is -2.27. The number of carbonyl (C=O) groups excluding carboxylic acids is 2. The first-order valence-electron chi connectivity index (χ1n) is 7.48. The summed E-state index contributed by atoms with van der Waals surface area (Å²) in [6.07, 6.45) is 2.14. The summed E-state index contributed by atoms with van der Waals surface area (Å²) in [5.41, 5.74) is 3.88. The molecule has 2 aliphatic rings. The Kier molecular flexibility index (Phi) is 3.22. The molecule has 0 saturated carbocycles. The van der Waals surface area contributed by atoms with Gasteiger partial charge in [0, 0.05) is 35.6 Å². The Hall–Kier alpha value is -2.14. The first-order chi connectivity index (χ1) is 10.7. The van der Waals surface area contributed by atoms with Gasteiger partial charge in [0.1, 0.15) is 0 Å². The molecule has 4 rings (SSSR count). The van der Waals surface area contributed by atoms with E-state index in [1.807, 2.05) is 23.1 Å². The van der Waals surface area contributed by atoms with E-state index in [0.717, 1.165) is 24.2 Å². The van der Waals surface area contributed by atoms with Crippen LogP contribution in [0.3, 0.4) is 0 Å². The first-order valence-corrected chi connectivity index (χ1v) is 8.36. The number of hydrogen-bond donors (Lipinski definition) is 1. The predicted molar refractivity (Wildman–Crippen MR) is 86.2 cm³/mol. The van der Waals surface area contributed by atoms with Gasteiger partial charge >= 0.3 is 0 Å². The second kappa shape index (κ2) is 5.25. The molecule has 0 atom stereocenters. The molecule has 1 N–H and O–H groups in total. The van der Waals surface area contributed by atoms with Crippen molar-refractivity contribution in [3.63, 3.8) is 0 Å². The number of thiophene rings is 1. The third-order valence-corrected chi connectivity index (χ3v) is 5.37. The van der Waals surface area contributed by atoms with Crippen molar-refractivity contribution in [3.05, 3.63) is 51.2 Å². The third kappa shape index (κ3) is 2.31. The Balaban J connectivity index is 1.57. The van der Waals surface area contributed by atoms with Gasteiger partial charge in [-0.1, -0.05) is 0 Å². The molecule has 2 aliphatic heterocycles. The maximum absolute atomic E-state index is 12.7. The van der Waals surface area contributed by atoms with Gasteiger partial charge < -0.3 is 10.2 Å². The highest BCUT2D eigenvalue weighted by Crippen LogP contribution is 2.27. The summed E-state index contributed by atoms with van der Waals surface area (Å²) in [6.45, 7) is 1.48. The summed E-state index contributed by atoms with van der Waals surface area (Å²) in [5.74, 6) is 0.129. The summed E-state index contributed by atoms with van der Waals surface area (Å²) in [6, 6.07) is 7.71. The van der Waals surface area contributed by atoms with Gasteiger partial charge in [0.05, 0.1) is 0 Å². The lowest BCUT2D eigenvalue weighted by Crippen LogP contribution is -2.35. The number of benzene rings is 1. The highest BCUT2D eigenvalue weighted by molar-refractivity contribution is 7.10. The number of hydrogen-bond acceptors (Lipinski definition) is 3. The van der Waals surface area contributed by atoms with Crippen molar-refractivity contribution < 1.29 is 9.59 Å². The molecule has 4 nitrogen and oxygen atoms in total. The van der Waals surface area contributed by atoms with E-state index in [9.17, 15) is 9.59 Å². The molecule has 5 heteroatoms. The summed E-state index contributed by atoms with van der Waals surface area (Å²) in [7, 11) is 0. The van der Waals surface area contributed by atoms with Gasteiger partial charge in [-0.05, 0) is 53.6 Å². The lowest BCUT2D eigenvalue weighted by atomic mass is 9.99. The SMILES string of the molecule is O=C1CCc2cc(C(=O)N3CCc4sccc4C3)ccc2N1. The molecule has 22 heavy (non-hydrogen) atoms. The Bertz CT molecular complexity index is 766. The molecule has 2 amide bonds. The first kappa shape index (κ1) is 13.5. The number of rotatable bonds is 1. The Morgan fingerprint density at radius 2 is 2.05 bits per heavy atom. The van der Waals surface area contributed by atoms with E-state index >= 15 is 0 Å². The molecule has 3 heterocycles. The molecule has 0 aliphatic carbocycles. The lowest BCUT2D eigenvalue weighted by molar-refractivity contribution is -0.116. The fourth-order valence-electron chi connectivity index (χ4n) is 3.12. The highest BCUT2D eigenvalue weighted by Gasteiger charge is 2.24. The zero-order chi connectivity index (χ0) is 15.1. The second-order valence-electron chi connectivity index (χ2n) is 5.77. The monoisotopic (exact) mass is 312 g/mol. The van der Waals surface area contributed by atoms with Crippen LogP contribution in [0.1, 0.15) is 32.8 Å². The molecule has 0 radical (unpaired) electrons. The van der Waals surface area contributed by atoms with Gasteiger partial charge in [0.15, 0.2) is 0 Å². The van der Waals surface area contributed by atoms with Crippen LogP contribution in [0.15, 0.2) is 29.6 Å². The van der Waals surface area contributed by atoms with Crippen LogP contribution in [0.25, 0.3) is 0 Å². The largest absolute Gasteiger partial charge is 0.334 e. The molecular formula is C17H16N2O2S. The number of anilines is 1. The molecule has 0 spiro atoms. The van der Waals surface area contributed by atoms with Crippen LogP contribution in [0.5, 0.6) is 0 Å². The molecule has 0 bridgehead atoms. The van der Waals surface area contributed by atoms with Crippen LogP contribution in [0.2, 0.25) is 0 Å². The third-order valence-electron chi connectivity index (χ3n) is 4.34. The average Bonchev–Trinajstić information content (AvgIpc) is 3.01. The van der Waals surface area contributed by atoms with Gasteiger partial charge in [-0.2, -0.15) is 0 Å². The highest BCUT2D eigenvalue weighted by atomic mass is 32.1. The minimum absolute atomic E-state index is 0.0487. The molecule has 0 unspecified atom stereocenters. The maximum atomic E-state index is 12.7. The van der Waals surface area contributed by atoms with Crippen LogP contribution >= 0.6 is 11.3 Å². The van der Waals surface area contributed by atoms with Crippen molar-refractivity contribution >= 4 is 28.8 Å². The van der Waals surface area contributed by atoms with Crippen molar-refractivity contribution in [2.75, 3.05) is 11.9 Å². The van der Waals surface area contributed by atoms with Crippen LogP contribution < -0.4 is 5.32 Å². The molecular weight excluding hydrogens is 296 g/mol. The standard InChI is InChI=1S/C17H16N2O2S/c20-16-4-2-11-9-12(1-3-14(11)18-16)17(21)19-7-5-15-13(10-19)6-8-22-15/h1,3,6,8-9H,2,4-5,7,10H2,(H,18,20). The second-order valence-corrected chi connectivity index (χ2v) is 6.77. The van der Waals surface area contributed by atoms with Crippen molar-refractivity contribution in [2.24, 2.45) is 0 Å². The minimum Gasteiger partial charge on any atom is -0.334 e. The van der Waals surface area contributed by atoms with Gasteiger partial charge in [-0.15, -0.1) is 11.3 Å². The van der Waals surface area contributed by atoms with Crippen molar-refractivity contribution in [2.45, 2.75) is 25.8 Å². The summed E-state index contributed by atoms with van der Waals surface area (Å²) in [5, 5.41) is 4.95. The fraction of sp³-hybridized carbons (Fsp3) is 0.294. The topological polar surface area (TPSA) is 49.4 Å². The van der Waals surface area contributed by atoms with E-state index in [4.69, 9.17) is 0 Å². The Labute approximate surface area is 132 Å². The average molecular weight is 312 g/mol.